The number of rotatable bonds is 5. The number of hydrogen-bond acceptors (Lipinski definition) is 3. The van der Waals surface area contributed by atoms with Gasteiger partial charge in [0.1, 0.15) is 11.3 Å². The van der Waals surface area contributed by atoms with E-state index in [0.29, 0.717) is 28.2 Å². The molecule has 2 heterocycles. The third kappa shape index (κ3) is 4.98. The molecule has 0 bridgehead atoms. The van der Waals surface area contributed by atoms with Crippen LogP contribution in [0.15, 0.2) is 95.5 Å². The van der Waals surface area contributed by atoms with Gasteiger partial charge in [0.05, 0.1) is 17.4 Å². The third-order valence-corrected chi connectivity index (χ3v) is 5.67. The lowest BCUT2D eigenvalue weighted by Gasteiger charge is -2.08. The zero-order valence-electron chi connectivity index (χ0n) is 18.6. The van der Waals surface area contributed by atoms with Gasteiger partial charge in [0.25, 0.3) is 5.91 Å². The first-order chi connectivity index (χ1) is 17.3. The highest BCUT2D eigenvalue weighted by atomic mass is 19.4. The second-order valence-electron chi connectivity index (χ2n) is 8.21. The Morgan fingerprint density at radius 2 is 1.72 bits per heavy atom. The maximum atomic E-state index is 13.1. The van der Waals surface area contributed by atoms with Crippen molar-refractivity contribution in [1.29, 1.82) is 0 Å². The largest absolute Gasteiger partial charge is 0.461 e. The van der Waals surface area contributed by atoms with Gasteiger partial charge in [0.15, 0.2) is 0 Å². The smallest absolute Gasteiger partial charge is 0.416 e. The van der Waals surface area contributed by atoms with E-state index < -0.39 is 17.7 Å². The molecule has 1 amide bonds. The number of furan rings is 1. The molecule has 0 radical (unpaired) electrons. The molecule has 1 N–H and O–H groups in total. The van der Waals surface area contributed by atoms with Gasteiger partial charge in [-0.2, -0.15) is 17.6 Å². The van der Waals surface area contributed by atoms with E-state index in [1.807, 2.05) is 24.3 Å². The van der Waals surface area contributed by atoms with E-state index in [-0.39, 0.29) is 12.3 Å². The summed E-state index contributed by atoms with van der Waals surface area (Å²) < 4.78 is 58.2. The number of pyridine rings is 1. The van der Waals surface area contributed by atoms with E-state index >= 15 is 0 Å². The van der Waals surface area contributed by atoms with Gasteiger partial charge in [-0.25, -0.2) is 4.98 Å². The number of amides is 1. The van der Waals surface area contributed by atoms with Gasteiger partial charge in [-0.05, 0) is 59.2 Å². The Morgan fingerprint density at radius 1 is 0.917 bits per heavy atom. The standard InChI is InChI=1S/C28H18F4N2O2/c29-26-11-10-21(16-33-26)34-27(35)19-6-2-5-18(14-19)23-8-3-9-25-24(23)15-22(36-25)13-17-4-1-7-20(12-17)28(30,31)32/h1-12,14-16H,13H2,(H,34,35). The van der Waals surface area contributed by atoms with E-state index in [1.54, 1.807) is 30.3 Å². The third-order valence-electron chi connectivity index (χ3n) is 5.67. The molecule has 0 aliphatic carbocycles. The molecule has 180 valence electrons. The zero-order chi connectivity index (χ0) is 25.3. The average molecular weight is 490 g/mol. The fourth-order valence-electron chi connectivity index (χ4n) is 3.99. The molecule has 0 saturated heterocycles. The van der Waals surface area contributed by atoms with Crippen LogP contribution in [0.4, 0.5) is 23.2 Å². The van der Waals surface area contributed by atoms with Gasteiger partial charge in [0, 0.05) is 17.4 Å². The molecular weight excluding hydrogens is 472 g/mol. The molecule has 8 heteroatoms. The Bertz CT molecular complexity index is 1560. The van der Waals surface area contributed by atoms with Gasteiger partial charge in [-0.1, -0.05) is 42.5 Å². The molecule has 5 rings (SSSR count). The Balaban J connectivity index is 1.43. The summed E-state index contributed by atoms with van der Waals surface area (Å²) in [7, 11) is 0. The molecular formula is C28H18F4N2O2. The van der Waals surface area contributed by atoms with Crippen LogP contribution in [-0.4, -0.2) is 10.9 Å². The van der Waals surface area contributed by atoms with Crippen LogP contribution < -0.4 is 5.32 Å². The van der Waals surface area contributed by atoms with Crippen molar-refractivity contribution in [3.8, 4) is 11.1 Å². The quantitative estimate of drug-likeness (QED) is 0.205. The van der Waals surface area contributed by atoms with Crippen molar-refractivity contribution in [2.24, 2.45) is 0 Å². The van der Waals surface area contributed by atoms with Crippen LogP contribution in [0.25, 0.3) is 22.1 Å². The summed E-state index contributed by atoms with van der Waals surface area (Å²) in [6.07, 6.45) is -2.98. The molecule has 3 aromatic carbocycles. The molecule has 0 aliphatic rings. The number of alkyl halides is 3. The highest BCUT2D eigenvalue weighted by Crippen LogP contribution is 2.33. The predicted octanol–water partition coefficient (Wildman–Crippen LogP) is 7.50. The summed E-state index contributed by atoms with van der Waals surface area (Å²) >= 11 is 0. The van der Waals surface area contributed by atoms with E-state index in [0.717, 1.165) is 34.7 Å². The first-order valence-electron chi connectivity index (χ1n) is 11.0. The van der Waals surface area contributed by atoms with Crippen LogP contribution in [0.1, 0.15) is 27.2 Å². The van der Waals surface area contributed by atoms with Crippen molar-refractivity contribution in [1.82, 2.24) is 4.98 Å². The Hall–Kier alpha value is -4.46. The Morgan fingerprint density at radius 3 is 2.50 bits per heavy atom. The molecule has 0 saturated carbocycles. The van der Waals surface area contributed by atoms with Crippen LogP contribution >= 0.6 is 0 Å². The highest BCUT2D eigenvalue weighted by Gasteiger charge is 2.30. The van der Waals surface area contributed by atoms with Crippen LogP contribution in [0, 0.1) is 5.95 Å². The van der Waals surface area contributed by atoms with Crippen molar-refractivity contribution in [3.63, 3.8) is 0 Å². The minimum Gasteiger partial charge on any atom is -0.461 e. The fraction of sp³-hybridized carbons (Fsp3) is 0.0714. The second kappa shape index (κ2) is 9.30. The van der Waals surface area contributed by atoms with Crippen LogP contribution in [0.3, 0.4) is 0 Å². The Labute approximate surface area is 203 Å². The minimum absolute atomic E-state index is 0.201. The first-order valence-corrected chi connectivity index (χ1v) is 11.0. The molecule has 36 heavy (non-hydrogen) atoms. The Kier molecular flexibility index (Phi) is 6.01. The number of benzene rings is 3. The number of nitrogens with zero attached hydrogens (tertiary/aromatic N) is 1. The van der Waals surface area contributed by atoms with Crippen LogP contribution in [-0.2, 0) is 12.6 Å². The number of carbonyl (C=O) groups is 1. The minimum atomic E-state index is -4.42. The van der Waals surface area contributed by atoms with Crippen LogP contribution in [0.5, 0.6) is 0 Å². The number of fused-ring (bicyclic) bond motifs is 1. The van der Waals surface area contributed by atoms with Gasteiger partial charge in [-0.3, -0.25) is 4.79 Å². The molecule has 0 unspecified atom stereocenters. The molecule has 4 nitrogen and oxygen atoms in total. The highest BCUT2D eigenvalue weighted by molar-refractivity contribution is 6.05. The van der Waals surface area contributed by atoms with E-state index in [9.17, 15) is 22.4 Å². The number of aromatic nitrogens is 1. The molecule has 2 aromatic heterocycles. The monoisotopic (exact) mass is 490 g/mol. The lowest BCUT2D eigenvalue weighted by atomic mass is 9.99. The molecule has 0 spiro atoms. The summed E-state index contributed by atoms with van der Waals surface area (Å²) in [6.45, 7) is 0. The van der Waals surface area contributed by atoms with Gasteiger partial charge in [0.2, 0.25) is 5.95 Å². The van der Waals surface area contributed by atoms with Gasteiger partial charge >= 0.3 is 6.18 Å². The normalized spacial score (nSPS) is 11.6. The number of anilines is 1. The lowest BCUT2D eigenvalue weighted by Crippen LogP contribution is -2.12. The maximum absolute atomic E-state index is 13.1. The second-order valence-corrected chi connectivity index (χ2v) is 8.21. The number of hydrogen-bond donors (Lipinski definition) is 1. The molecule has 0 fully saturated rings. The fourth-order valence-corrected chi connectivity index (χ4v) is 3.99. The van der Waals surface area contributed by atoms with Gasteiger partial charge in [-0.15, -0.1) is 0 Å². The summed E-state index contributed by atoms with van der Waals surface area (Å²) in [4.78, 5) is 16.2. The lowest BCUT2D eigenvalue weighted by molar-refractivity contribution is -0.137. The number of carbonyl (C=O) groups excluding carboxylic acids is 1. The molecule has 0 aliphatic heterocycles. The van der Waals surface area contributed by atoms with E-state index in [2.05, 4.69) is 10.3 Å². The number of nitrogens with one attached hydrogen (secondary N) is 1. The van der Waals surface area contributed by atoms with Crippen molar-refractivity contribution >= 4 is 22.6 Å². The van der Waals surface area contributed by atoms with Crippen molar-refractivity contribution in [2.75, 3.05) is 5.32 Å². The van der Waals surface area contributed by atoms with Crippen LogP contribution in [0.2, 0.25) is 0 Å². The zero-order valence-corrected chi connectivity index (χ0v) is 18.6. The molecule has 5 aromatic rings. The van der Waals surface area contributed by atoms with E-state index in [1.165, 1.54) is 18.3 Å². The van der Waals surface area contributed by atoms with E-state index in [4.69, 9.17) is 4.42 Å². The van der Waals surface area contributed by atoms with Crippen molar-refractivity contribution in [2.45, 2.75) is 12.6 Å². The topological polar surface area (TPSA) is 55.1 Å². The predicted molar refractivity (Wildman–Crippen MR) is 128 cm³/mol. The summed E-state index contributed by atoms with van der Waals surface area (Å²) in [6, 6.07) is 22.0. The summed E-state index contributed by atoms with van der Waals surface area (Å²) in [5.41, 5.74) is 2.69. The average Bonchev–Trinajstić information content (AvgIpc) is 3.27. The number of halogens is 4. The first kappa shape index (κ1) is 23.3. The molecule has 0 atom stereocenters. The SMILES string of the molecule is O=C(Nc1ccc(F)nc1)c1cccc(-c2cccc3oc(Cc4cccc(C(F)(F)F)c4)cc23)c1. The summed E-state index contributed by atoms with van der Waals surface area (Å²) in [5.74, 6) is -0.500. The van der Waals surface area contributed by atoms with Crippen molar-refractivity contribution < 1.29 is 26.8 Å². The maximum Gasteiger partial charge on any atom is 0.416 e. The van der Waals surface area contributed by atoms with Gasteiger partial charge < -0.3 is 9.73 Å². The summed E-state index contributed by atoms with van der Waals surface area (Å²) in [5, 5.41) is 3.46. The van der Waals surface area contributed by atoms with Crippen molar-refractivity contribution in [3.05, 3.63) is 120 Å².